The van der Waals surface area contributed by atoms with Crippen molar-refractivity contribution in [3.63, 3.8) is 0 Å². The topological polar surface area (TPSA) is 38.3 Å². The first-order valence-electron chi connectivity index (χ1n) is 7.45. The SMILES string of the molecule is COc1ccc(F)cc1CSCC(=O)N[C@H](C)c1ccccc1Cl. The maximum atomic E-state index is 13.3. The molecule has 6 heteroatoms. The van der Waals surface area contributed by atoms with E-state index >= 15 is 0 Å². The van der Waals surface area contributed by atoms with E-state index in [9.17, 15) is 9.18 Å². The zero-order valence-electron chi connectivity index (χ0n) is 13.5. The highest BCUT2D eigenvalue weighted by molar-refractivity contribution is 7.99. The Labute approximate surface area is 150 Å². The van der Waals surface area contributed by atoms with Gasteiger partial charge in [0.1, 0.15) is 11.6 Å². The lowest BCUT2D eigenvalue weighted by Crippen LogP contribution is -2.28. The molecular weight excluding hydrogens is 349 g/mol. The van der Waals surface area contributed by atoms with E-state index in [1.54, 1.807) is 19.2 Å². The molecule has 0 unspecified atom stereocenters. The van der Waals surface area contributed by atoms with Crippen molar-refractivity contribution in [3.8, 4) is 5.75 Å². The van der Waals surface area contributed by atoms with Gasteiger partial charge in [0.15, 0.2) is 0 Å². The highest BCUT2D eigenvalue weighted by Crippen LogP contribution is 2.25. The maximum Gasteiger partial charge on any atom is 0.230 e. The Morgan fingerprint density at radius 3 is 2.79 bits per heavy atom. The Hall–Kier alpha value is -1.72. The quantitative estimate of drug-likeness (QED) is 0.777. The van der Waals surface area contributed by atoms with Gasteiger partial charge in [-0.2, -0.15) is 0 Å². The van der Waals surface area contributed by atoms with Gasteiger partial charge in [-0.25, -0.2) is 4.39 Å². The lowest BCUT2D eigenvalue weighted by Gasteiger charge is -2.15. The number of hydrogen-bond donors (Lipinski definition) is 1. The smallest absolute Gasteiger partial charge is 0.230 e. The molecule has 0 aliphatic heterocycles. The molecule has 0 bridgehead atoms. The molecule has 0 saturated carbocycles. The zero-order valence-corrected chi connectivity index (χ0v) is 15.1. The zero-order chi connectivity index (χ0) is 17.5. The van der Waals surface area contributed by atoms with Crippen molar-refractivity contribution >= 4 is 29.3 Å². The summed E-state index contributed by atoms with van der Waals surface area (Å²) in [6.07, 6.45) is 0. The fraction of sp³-hybridized carbons (Fsp3) is 0.278. The van der Waals surface area contributed by atoms with Gasteiger partial charge >= 0.3 is 0 Å². The van der Waals surface area contributed by atoms with Crippen molar-refractivity contribution in [1.29, 1.82) is 0 Å². The van der Waals surface area contributed by atoms with Crippen molar-refractivity contribution in [1.82, 2.24) is 5.32 Å². The second-order valence-electron chi connectivity index (χ2n) is 5.26. The Morgan fingerprint density at radius 1 is 1.33 bits per heavy atom. The number of carbonyl (C=O) groups excluding carboxylic acids is 1. The summed E-state index contributed by atoms with van der Waals surface area (Å²) in [5.74, 6) is 0.975. The lowest BCUT2D eigenvalue weighted by atomic mass is 10.1. The monoisotopic (exact) mass is 367 g/mol. The van der Waals surface area contributed by atoms with Gasteiger partial charge in [0.25, 0.3) is 0 Å². The normalized spacial score (nSPS) is 11.8. The minimum Gasteiger partial charge on any atom is -0.496 e. The number of halogens is 2. The van der Waals surface area contributed by atoms with E-state index in [1.165, 1.54) is 23.9 Å². The molecule has 0 aromatic heterocycles. The number of ether oxygens (including phenoxy) is 1. The Balaban J connectivity index is 1.86. The Bertz CT molecular complexity index is 711. The predicted molar refractivity (Wildman–Crippen MR) is 97.1 cm³/mol. The van der Waals surface area contributed by atoms with Gasteiger partial charge in [-0.3, -0.25) is 4.79 Å². The molecule has 24 heavy (non-hydrogen) atoms. The molecule has 2 aromatic carbocycles. The summed E-state index contributed by atoms with van der Waals surface area (Å²) < 4.78 is 18.5. The van der Waals surface area contributed by atoms with Crippen LogP contribution in [0.4, 0.5) is 4.39 Å². The van der Waals surface area contributed by atoms with Crippen molar-refractivity contribution in [2.75, 3.05) is 12.9 Å². The summed E-state index contributed by atoms with van der Waals surface area (Å²) in [5, 5.41) is 3.54. The second kappa shape index (κ2) is 8.94. The van der Waals surface area contributed by atoms with E-state index in [4.69, 9.17) is 16.3 Å². The summed E-state index contributed by atoms with van der Waals surface area (Å²) in [6.45, 7) is 1.89. The van der Waals surface area contributed by atoms with Crippen LogP contribution in [0.3, 0.4) is 0 Å². The predicted octanol–water partition coefficient (Wildman–Crippen LogP) is 4.60. The molecule has 0 radical (unpaired) electrons. The second-order valence-corrected chi connectivity index (χ2v) is 6.65. The Morgan fingerprint density at radius 2 is 2.08 bits per heavy atom. The summed E-state index contributed by atoms with van der Waals surface area (Å²) in [7, 11) is 1.54. The van der Waals surface area contributed by atoms with E-state index < -0.39 is 0 Å². The van der Waals surface area contributed by atoms with Crippen LogP contribution in [0, 0.1) is 5.82 Å². The number of thioether (sulfide) groups is 1. The van der Waals surface area contributed by atoms with Crippen LogP contribution in [0.1, 0.15) is 24.1 Å². The first kappa shape index (κ1) is 18.6. The van der Waals surface area contributed by atoms with Gasteiger partial charge < -0.3 is 10.1 Å². The standard InChI is InChI=1S/C18H19ClFNO2S/c1-12(15-5-3-4-6-16(15)19)21-18(22)11-24-10-13-9-14(20)7-8-17(13)23-2/h3-9,12H,10-11H2,1-2H3,(H,21,22)/t12-/m1/s1. The molecule has 0 heterocycles. The van der Waals surface area contributed by atoms with Gasteiger partial charge in [0, 0.05) is 16.3 Å². The molecule has 0 fully saturated rings. The summed E-state index contributed by atoms with van der Waals surface area (Å²) in [5.41, 5.74) is 1.61. The Kier molecular flexibility index (Phi) is 6.94. The molecule has 2 rings (SSSR count). The van der Waals surface area contributed by atoms with Gasteiger partial charge in [0.05, 0.1) is 18.9 Å². The van der Waals surface area contributed by atoms with E-state index in [2.05, 4.69) is 5.32 Å². The number of benzene rings is 2. The van der Waals surface area contributed by atoms with Crippen LogP contribution in [0.5, 0.6) is 5.75 Å². The van der Waals surface area contributed by atoms with Crippen molar-refractivity contribution in [2.45, 2.75) is 18.7 Å². The molecule has 0 spiro atoms. The number of amides is 1. The fourth-order valence-corrected chi connectivity index (χ4v) is 3.42. The van der Waals surface area contributed by atoms with Crippen LogP contribution in [0.2, 0.25) is 5.02 Å². The first-order chi connectivity index (χ1) is 11.5. The highest BCUT2D eigenvalue weighted by Gasteiger charge is 2.13. The van der Waals surface area contributed by atoms with Crippen LogP contribution in [0.15, 0.2) is 42.5 Å². The summed E-state index contributed by atoms with van der Waals surface area (Å²) >= 11 is 7.53. The molecule has 1 N–H and O–H groups in total. The minimum absolute atomic E-state index is 0.0946. The first-order valence-corrected chi connectivity index (χ1v) is 8.98. The van der Waals surface area contributed by atoms with Gasteiger partial charge in [-0.1, -0.05) is 29.8 Å². The molecule has 2 aromatic rings. The number of nitrogens with one attached hydrogen (secondary N) is 1. The third-order valence-corrected chi connectivity index (χ3v) is 4.81. The molecule has 0 aliphatic carbocycles. The third-order valence-electron chi connectivity index (χ3n) is 3.48. The van der Waals surface area contributed by atoms with Crippen LogP contribution in [0.25, 0.3) is 0 Å². The highest BCUT2D eigenvalue weighted by atomic mass is 35.5. The van der Waals surface area contributed by atoms with Crippen LogP contribution in [-0.2, 0) is 10.5 Å². The number of rotatable bonds is 7. The molecule has 1 amide bonds. The fourth-order valence-electron chi connectivity index (χ4n) is 2.30. The molecule has 128 valence electrons. The molecule has 3 nitrogen and oxygen atoms in total. The van der Waals surface area contributed by atoms with Gasteiger partial charge in [-0.15, -0.1) is 11.8 Å². The van der Waals surface area contributed by atoms with Gasteiger partial charge in [0.2, 0.25) is 5.91 Å². The third kappa shape index (κ3) is 5.14. The maximum absolute atomic E-state index is 13.3. The lowest BCUT2D eigenvalue weighted by molar-refractivity contribution is -0.119. The van der Waals surface area contributed by atoms with Crippen LogP contribution >= 0.6 is 23.4 Å². The van der Waals surface area contributed by atoms with Crippen molar-refractivity contribution in [2.24, 2.45) is 0 Å². The van der Waals surface area contributed by atoms with E-state index in [1.807, 2.05) is 25.1 Å². The average Bonchev–Trinajstić information content (AvgIpc) is 2.55. The number of hydrogen-bond acceptors (Lipinski definition) is 3. The largest absolute Gasteiger partial charge is 0.496 e. The van der Waals surface area contributed by atoms with Gasteiger partial charge in [-0.05, 0) is 36.8 Å². The number of methoxy groups -OCH3 is 1. The average molecular weight is 368 g/mol. The van der Waals surface area contributed by atoms with E-state index in [0.29, 0.717) is 16.5 Å². The van der Waals surface area contributed by atoms with Crippen molar-refractivity contribution < 1.29 is 13.9 Å². The van der Waals surface area contributed by atoms with Crippen molar-refractivity contribution in [3.05, 3.63) is 64.4 Å². The summed E-state index contributed by atoms with van der Waals surface area (Å²) in [4.78, 5) is 12.1. The van der Waals surface area contributed by atoms with E-state index in [-0.39, 0.29) is 23.5 Å². The molecular formula is C18H19ClFNO2S. The minimum atomic E-state index is -0.316. The van der Waals surface area contributed by atoms with E-state index in [0.717, 1.165) is 11.1 Å². The molecule has 0 saturated heterocycles. The molecule has 1 atom stereocenters. The molecule has 0 aliphatic rings. The number of carbonyl (C=O) groups is 1. The summed E-state index contributed by atoms with van der Waals surface area (Å²) in [6, 6.07) is 11.6. The van der Waals surface area contributed by atoms with Crippen LogP contribution < -0.4 is 10.1 Å². The van der Waals surface area contributed by atoms with Crippen LogP contribution in [-0.4, -0.2) is 18.8 Å².